The molecule has 122 valence electrons. The summed E-state index contributed by atoms with van der Waals surface area (Å²) >= 11 is 0. The molecular weight excluding hydrogens is 294 g/mol. The first-order valence-corrected chi connectivity index (χ1v) is 7.50. The Bertz CT molecular complexity index is 636. The van der Waals surface area contributed by atoms with E-state index in [1.54, 1.807) is 30.5 Å². The van der Waals surface area contributed by atoms with Gasteiger partial charge < -0.3 is 20.8 Å². The summed E-state index contributed by atoms with van der Waals surface area (Å²) in [5.41, 5.74) is 6.48. The number of hydrogen-bond acceptors (Lipinski definition) is 3. The fraction of sp³-hybridized carbons (Fsp3) is 0.294. The third kappa shape index (κ3) is 5.50. The average molecular weight is 315 g/mol. The first-order valence-electron chi connectivity index (χ1n) is 7.50. The first-order chi connectivity index (χ1) is 11.0. The van der Waals surface area contributed by atoms with Gasteiger partial charge >= 0.3 is 6.03 Å². The fourth-order valence-corrected chi connectivity index (χ4v) is 2.16. The SMILES string of the molecule is CC(CCc1ccco1)NC(=O)c1ccc(CNC(N)=O)cc1. The van der Waals surface area contributed by atoms with Gasteiger partial charge in [0, 0.05) is 24.6 Å². The molecular formula is C17H21N3O3. The summed E-state index contributed by atoms with van der Waals surface area (Å²) in [7, 11) is 0. The van der Waals surface area contributed by atoms with E-state index in [0.717, 1.165) is 24.2 Å². The molecule has 1 atom stereocenters. The number of nitrogens with two attached hydrogens (primary N) is 1. The molecule has 1 heterocycles. The second-order valence-electron chi connectivity index (χ2n) is 5.41. The van der Waals surface area contributed by atoms with Crippen molar-refractivity contribution in [1.29, 1.82) is 0 Å². The van der Waals surface area contributed by atoms with E-state index in [4.69, 9.17) is 10.2 Å². The van der Waals surface area contributed by atoms with Crippen molar-refractivity contribution in [3.8, 4) is 0 Å². The van der Waals surface area contributed by atoms with Gasteiger partial charge in [0.05, 0.1) is 6.26 Å². The summed E-state index contributed by atoms with van der Waals surface area (Å²) in [6.07, 6.45) is 3.24. The van der Waals surface area contributed by atoms with Crippen LogP contribution in [0.4, 0.5) is 4.79 Å². The molecule has 6 nitrogen and oxygen atoms in total. The molecule has 0 bridgehead atoms. The van der Waals surface area contributed by atoms with E-state index >= 15 is 0 Å². The lowest BCUT2D eigenvalue weighted by Gasteiger charge is -2.13. The highest BCUT2D eigenvalue weighted by atomic mass is 16.3. The van der Waals surface area contributed by atoms with Gasteiger partial charge in [0.25, 0.3) is 5.91 Å². The number of aryl methyl sites for hydroxylation is 1. The minimum atomic E-state index is -0.572. The molecule has 1 unspecified atom stereocenters. The Kier molecular flexibility index (Phi) is 5.80. The highest BCUT2D eigenvalue weighted by Crippen LogP contribution is 2.08. The van der Waals surface area contributed by atoms with Crippen LogP contribution in [-0.2, 0) is 13.0 Å². The third-order valence-corrected chi connectivity index (χ3v) is 3.46. The number of nitrogens with one attached hydrogen (secondary N) is 2. The van der Waals surface area contributed by atoms with Gasteiger partial charge in [-0.1, -0.05) is 12.1 Å². The number of hydrogen-bond donors (Lipinski definition) is 3. The van der Waals surface area contributed by atoms with Crippen LogP contribution in [0.2, 0.25) is 0 Å². The molecule has 0 fully saturated rings. The Morgan fingerprint density at radius 1 is 1.22 bits per heavy atom. The number of amides is 3. The number of benzene rings is 1. The van der Waals surface area contributed by atoms with Gasteiger partial charge in [-0.2, -0.15) is 0 Å². The molecule has 2 rings (SSSR count). The van der Waals surface area contributed by atoms with E-state index in [1.807, 2.05) is 19.1 Å². The number of furan rings is 1. The summed E-state index contributed by atoms with van der Waals surface area (Å²) in [6.45, 7) is 2.31. The van der Waals surface area contributed by atoms with E-state index in [2.05, 4.69) is 10.6 Å². The Balaban J connectivity index is 1.81. The Hall–Kier alpha value is -2.76. The highest BCUT2D eigenvalue weighted by molar-refractivity contribution is 5.94. The van der Waals surface area contributed by atoms with Crippen LogP contribution in [0.5, 0.6) is 0 Å². The minimum Gasteiger partial charge on any atom is -0.469 e. The lowest BCUT2D eigenvalue weighted by Crippen LogP contribution is -2.33. The molecule has 0 aliphatic heterocycles. The monoisotopic (exact) mass is 315 g/mol. The zero-order valence-corrected chi connectivity index (χ0v) is 13.0. The topological polar surface area (TPSA) is 97.4 Å². The summed E-state index contributed by atoms with van der Waals surface area (Å²) < 4.78 is 5.27. The Morgan fingerprint density at radius 2 is 1.96 bits per heavy atom. The molecule has 0 radical (unpaired) electrons. The fourth-order valence-electron chi connectivity index (χ4n) is 2.16. The predicted octanol–water partition coefficient (Wildman–Crippen LogP) is 2.20. The van der Waals surface area contributed by atoms with E-state index in [0.29, 0.717) is 12.1 Å². The van der Waals surface area contributed by atoms with Crippen molar-refractivity contribution in [2.45, 2.75) is 32.4 Å². The van der Waals surface area contributed by atoms with Crippen LogP contribution in [0.15, 0.2) is 47.1 Å². The Morgan fingerprint density at radius 3 is 2.57 bits per heavy atom. The molecule has 3 amide bonds. The van der Waals surface area contributed by atoms with Crippen LogP contribution in [0.1, 0.15) is 35.0 Å². The normalized spacial score (nSPS) is 11.7. The van der Waals surface area contributed by atoms with Crippen molar-refractivity contribution in [2.75, 3.05) is 0 Å². The Labute approximate surface area is 135 Å². The van der Waals surface area contributed by atoms with Gasteiger partial charge in [-0.15, -0.1) is 0 Å². The van der Waals surface area contributed by atoms with Gasteiger partial charge in [-0.25, -0.2) is 4.79 Å². The lowest BCUT2D eigenvalue weighted by molar-refractivity contribution is 0.0938. The molecule has 6 heteroatoms. The molecule has 0 saturated carbocycles. The van der Waals surface area contributed by atoms with Crippen LogP contribution in [0, 0.1) is 0 Å². The summed E-state index contributed by atoms with van der Waals surface area (Å²) in [6, 6.07) is 10.3. The highest BCUT2D eigenvalue weighted by Gasteiger charge is 2.10. The van der Waals surface area contributed by atoms with E-state index in [-0.39, 0.29) is 11.9 Å². The van der Waals surface area contributed by atoms with Crippen LogP contribution >= 0.6 is 0 Å². The van der Waals surface area contributed by atoms with Crippen molar-refractivity contribution in [2.24, 2.45) is 5.73 Å². The molecule has 23 heavy (non-hydrogen) atoms. The van der Waals surface area contributed by atoms with Crippen LogP contribution in [0.25, 0.3) is 0 Å². The van der Waals surface area contributed by atoms with Crippen molar-refractivity contribution < 1.29 is 14.0 Å². The maximum Gasteiger partial charge on any atom is 0.312 e. The summed E-state index contributed by atoms with van der Waals surface area (Å²) in [4.78, 5) is 22.8. The van der Waals surface area contributed by atoms with Crippen molar-refractivity contribution in [1.82, 2.24) is 10.6 Å². The molecule has 0 aliphatic rings. The van der Waals surface area contributed by atoms with Gasteiger partial charge in [-0.05, 0) is 43.2 Å². The molecule has 0 spiro atoms. The van der Waals surface area contributed by atoms with Crippen LogP contribution < -0.4 is 16.4 Å². The number of urea groups is 1. The number of carbonyl (C=O) groups is 2. The van der Waals surface area contributed by atoms with Crippen molar-refractivity contribution >= 4 is 11.9 Å². The van der Waals surface area contributed by atoms with Gasteiger partial charge in [0.1, 0.15) is 5.76 Å². The van der Waals surface area contributed by atoms with Crippen molar-refractivity contribution in [3.05, 3.63) is 59.5 Å². The molecule has 4 N–H and O–H groups in total. The molecule has 1 aromatic heterocycles. The zero-order chi connectivity index (χ0) is 16.7. The standard InChI is InChI=1S/C17H21N3O3/c1-12(4-9-15-3-2-10-23-15)20-16(21)14-7-5-13(6-8-14)11-19-17(18)22/h2-3,5-8,10,12H,4,9,11H2,1H3,(H,20,21)(H3,18,19,22). The van der Waals surface area contributed by atoms with Crippen LogP contribution in [-0.4, -0.2) is 18.0 Å². The minimum absolute atomic E-state index is 0.0452. The van der Waals surface area contributed by atoms with Crippen molar-refractivity contribution in [3.63, 3.8) is 0 Å². The van der Waals surface area contributed by atoms with Gasteiger partial charge in [0.15, 0.2) is 0 Å². The molecule has 0 aliphatic carbocycles. The van der Waals surface area contributed by atoms with Gasteiger partial charge in [0.2, 0.25) is 0 Å². The number of rotatable bonds is 7. The zero-order valence-electron chi connectivity index (χ0n) is 13.0. The number of primary amides is 1. The van der Waals surface area contributed by atoms with E-state index < -0.39 is 6.03 Å². The average Bonchev–Trinajstić information content (AvgIpc) is 3.05. The van der Waals surface area contributed by atoms with Gasteiger partial charge in [-0.3, -0.25) is 4.79 Å². The van der Waals surface area contributed by atoms with Crippen LogP contribution in [0.3, 0.4) is 0 Å². The van der Waals surface area contributed by atoms with E-state index in [9.17, 15) is 9.59 Å². The smallest absolute Gasteiger partial charge is 0.312 e. The predicted molar refractivity (Wildman–Crippen MR) is 86.8 cm³/mol. The summed E-state index contributed by atoms with van der Waals surface area (Å²) in [5.74, 6) is 0.795. The second-order valence-corrected chi connectivity index (χ2v) is 5.41. The maximum absolute atomic E-state index is 12.2. The third-order valence-electron chi connectivity index (χ3n) is 3.46. The van der Waals surface area contributed by atoms with E-state index in [1.165, 1.54) is 0 Å². The summed E-state index contributed by atoms with van der Waals surface area (Å²) in [5, 5.41) is 5.46. The first kappa shape index (κ1) is 16.6. The second kappa shape index (κ2) is 8.03. The molecule has 2 aromatic rings. The molecule has 1 aromatic carbocycles. The quantitative estimate of drug-likeness (QED) is 0.730. The largest absolute Gasteiger partial charge is 0.469 e. The maximum atomic E-state index is 12.2. The lowest BCUT2D eigenvalue weighted by atomic mass is 10.1. The number of carbonyl (C=O) groups excluding carboxylic acids is 2. The molecule has 0 saturated heterocycles.